The molecule has 1 aromatic rings. The van der Waals surface area contributed by atoms with E-state index in [1.807, 2.05) is 0 Å². The van der Waals surface area contributed by atoms with Gasteiger partial charge in [0.15, 0.2) is 6.04 Å². The Morgan fingerprint density at radius 1 is 1.32 bits per heavy atom. The summed E-state index contributed by atoms with van der Waals surface area (Å²) < 4.78 is 32.1. The van der Waals surface area contributed by atoms with Crippen molar-refractivity contribution >= 4 is 11.9 Å². The van der Waals surface area contributed by atoms with E-state index in [-0.39, 0.29) is 37.1 Å². The van der Waals surface area contributed by atoms with Crippen molar-refractivity contribution in [2.75, 3.05) is 19.8 Å². The minimum atomic E-state index is -1.12. The smallest absolute Gasteiger partial charge is 0.328 e. The molecule has 2 fully saturated rings. The zero-order valence-corrected chi connectivity index (χ0v) is 11.7. The van der Waals surface area contributed by atoms with Crippen molar-refractivity contribution in [3.63, 3.8) is 0 Å². The Kier molecular flexibility index (Phi) is 3.82. The Balaban J connectivity index is 1.74. The first kappa shape index (κ1) is 14.9. The van der Waals surface area contributed by atoms with Crippen LogP contribution in [0, 0.1) is 17.6 Å². The standard InChI is InChI=1S/C15H15F2NO4/c16-8-1-2-12(17)10(5-8)9-6-11(9)14(19)18-3-4-22-7-13(18)15(20)21/h1-2,5,9,11,13H,3-4,6-7H2,(H,20,21)/t9-,11+,13-/m0/s1. The van der Waals surface area contributed by atoms with E-state index in [2.05, 4.69) is 0 Å². The van der Waals surface area contributed by atoms with Gasteiger partial charge < -0.3 is 14.7 Å². The summed E-state index contributed by atoms with van der Waals surface area (Å²) >= 11 is 0. The SMILES string of the molecule is O=C(O)[C@@H]1COCCN1C(=O)[C@@H]1C[C@H]1c1cc(F)ccc1F. The number of carboxylic acids is 1. The van der Waals surface area contributed by atoms with Crippen molar-refractivity contribution in [2.45, 2.75) is 18.4 Å². The maximum atomic E-state index is 13.7. The topological polar surface area (TPSA) is 66.8 Å². The van der Waals surface area contributed by atoms with Crippen LogP contribution in [-0.4, -0.2) is 47.7 Å². The molecule has 1 saturated heterocycles. The molecular weight excluding hydrogens is 296 g/mol. The quantitative estimate of drug-likeness (QED) is 0.916. The summed E-state index contributed by atoms with van der Waals surface area (Å²) in [6, 6.07) is 2.15. The molecule has 3 atom stereocenters. The van der Waals surface area contributed by atoms with Gasteiger partial charge in [-0.3, -0.25) is 4.79 Å². The molecule has 118 valence electrons. The van der Waals surface area contributed by atoms with Crippen LogP contribution in [0.3, 0.4) is 0 Å². The molecule has 3 rings (SSSR count). The molecule has 0 spiro atoms. The Labute approximate surface area is 125 Å². The van der Waals surface area contributed by atoms with E-state index in [4.69, 9.17) is 9.84 Å². The molecule has 1 amide bonds. The van der Waals surface area contributed by atoms with Gasteiger partial charge >= 0.3 is 5.97 Å². The average Bonchev–Trinajstić information content (AvgIpc) is 3.29. The van der Waals surface area contributed by atoms with Crippen LogP contribution in [0.5, 0.6) is 0 Å². The van der Waals surface area contributed by atoms with Crippen molar-refractivity contribution in [3.8, 4) is 0 Å². The summed E-state index contributed by atoms with van der Waals surface area (Å²) in [5.74, 6) is -3.42. The third-order valence-corrected chi connectivity index (χ3v) is 4.16. The van der Waals surface area contributed by atoms with Gasteiger partial charge in [0.1, 0.15) is 11.6 Å². The van der Waals surface area contributed by atoms with Crippen molar-refractivity contribution in [2.24, 2.45) is 5.92 Å². The van der Waals surface area contributed by atoms with E-state index in [9.17, 15) is 18.4 Å². The Hall–Kier alpha value is -2.02. The molecule has 0 radical (unpaired) electrons. The highest BCUT2D eigenvalue weighted by atomic mass is 19.1. The van der Waals surface area contributed by atoms with Crippen molar-refractivity contribution in [1.82, 2.24) is 4.90 Å². The van der Waals surface area contributed by atoms with Crippen LogP contribution in [-0.2, 0) is 14.3 Å². The summed E-state index contributed by atoms with van der Waals surface area (Å²) in [4.78, 5) is 24.9. The first-order valence-electron chi connectivity index (χ1n) is 7.05. The van der Waals surface area contributed by atoms with Gasteiger partial charge in [-0.15, -0.1) is 0 Å². The molecule has 0 bridgehead atoms. The van der Waals surface area contributed by atoms with Gasteiger partial charge in [0, 0.05) is 12.5 Å². The number of nitrogens with zero attached hydrogens (tertiary/aromatic N) is 1. The first-order chi connectivity index (χ1) is 10.5. The van der Waals surface area contributed by atoms with E-state index >= 15 is 0 Å². The number of ether oxygens (including phenoxy) is 1. The highest BCUT2D eigenvalue weighted by Gasteiger charge is 2.49. The van der Waals surface area contributed by atoms with Crippen molar-refractivity contribution in [1.29, 1.82) is 0 Å². The van der Waals surface area contributed by atoms with E-state index < -0.39 is 29.6 Å². The molecule has 2 aliphatic rings. The number of hydrogen-bond acceptors (Lipinski definition) is 3. The number of carbonyl (C=O) groups excluding carboxylic acids is 1. The highest BCUT2D eigenvalue weighted by molar-refractivity contribution is 5.88. The Morgan fingerprint density at radius 2 is 2.09 bits per heavy atom. The number of morpholine rings is 1. The van der Waals surface area contributed by atoms with Crippen LogP contribution < -0.4 is 0 Å². The molecule has 7 heteroatoms. The van der Waals surface area contributed by atoms with E-state index in [0.717, 1.165) is 18.2 Å². The lowest BCUT2D eigenvalue weighted by Crippen LogP contribution is -2.53. The second-order valence-corrected chi connectivity index (χ2v) is 5.58. The fourth-order valence-electron chi connectivity index (χ4n) is 2.90. The number of carboxylic acid groups (broad SMARTS) is 1. The molecule has 1 saturated carbocycles. The van der Waals surface area contributed by atoms with E-state index in [1.54, 1.807) is 0 Å². The summed E-state index contributed by atoms with van der Waals surface area (Å²) in [7, 11) is 0. The van der Waals surface area contributed by atoms with Crippen LogP contribution in [0.2, 0.25) is 0 Å². The summed E-state index contributed by atoms with van der Waals surface area (Å²) in [5.41, 5.74) is 0.179. The zero-order chi connectivity index (χ0) is 15.9. The third kappa shape index (κ3) is 2.68. The van der Waals surface area contributed by atoms with Crippen molar-refractivity contribution in [3.05, 3.63) is 35.4 Å². The maximum Gasteiger partial charge on any atom is 0.328 e. The molecule has 1 N–H and O–H groups in total. The van der Waals surface area contributed by atoms with Gasteiger partial charge in [-0.1, -0.05) is 0 Å². The number of halogens is 2. The zero-order valence-electron chi connectivity index (χ0n) is 11.7. The molecule has 1 aliphatic heterocycles. The third-order valence-electron chi connectivity index (χ3n) is 4.16. The lowest BCUT2D eigenvalue weighted by molar-refractivity contribution is -0.158. The lowest BCUT2D eigenvalue weighted by atomic mass is 10.1. The largest absolute Gasteiger partial charge is 0.480 e. The molecule has 1 heterocycles. The molecule has 22 heavy (non-hydrogen) atoms. The number of aliphatic carboxylic acids is 1. The van der Waals surface area contributed by atoms with Crippen LogP contribution in [0.1, 0.15) is 17.9 Å². The number of benzene rings is 1. The first-order valence-corrected chi connectivity index (χ1v) is 7.05. The number of amides is 1. The van der Waals surface area contributed by atoms with E-state index in [0.29, 0.717) is 6.42 Å². The second kappa shape index (κ2) is 5.64. The second-order valence-electron chi connectivity index (χ2n) is 5.58. The lowest BCUT2D eigenvalue weighted by Gasteiger charge is -2.33. The molecule has 1 aliphatic carbocycles. The van der Waals surface area contributed by atoms with Gasteiger partial charge in [-0.05, 0) is 36.1 Å². The van der Waals surface area contributed by atoms with Gasteiger partial charge in [0.25, 0.3) is 0 Å². The minimum absolute atomic E-state index is 0.0488. The van der Waals surface area contributed by atoms with Gasteiger partial charge in [-0.25, -0.2) is 13.6 Å². The average molecular weight is 311 g/mol. The molecule has 0 unspecified atom stereocenters. The fourth-order valence-corrected chi connectivity index (χ4v) is 2.90. The minimum Gasteiger partial charge on any atom is -0.480 e. The number of carbonyl (C=O) groups is 2. The van der Waals surface area contributed by atoms with Crippen LogP contribution >= 0.6 is 0 Å². The number of hydrogen-bond donors (Lipinski definition) is 1. The van der Waals surface area contributed by atoms with Gasteiger partial charge in [0.2, 0.25) is 5.91 Å². The Bertz CT molecular complexity index is 622. The highest BCUT2D eigenvalue weighted by Crippen LogP contribution is 2.49. The molecule has 0 aromatic heterocycles. The fraction of sp³-hybridized carbons (Fsp3) is 0.467. The molecule has 5 nitrogen and oxygen atoms in total. The maximum absolute atomic E-state index is 13.7. The normalized spacial score (nSPS) is 27.5. The monoisotopic (exact) mass is 311 g/mol. The molecule has 1 aromatic carbocycles. The van der Waals surface area contributed by atoms with Crippen molar-refractivity contribution < 1.29 is 28.2 Å². The van der Waals surface area contributed by atoms with Gasteiger partial charge in [0.05, 0.1) is 13.2 Å². The summed E-state index contributed by atoms with van der Waals surface area (Å²) in [6.07, 6.45) is 0.406. The van der Waals surface area contributed by atoms with Gasteiger partial charge in [-0.2, -0.15) is 0 Å². The molecular formula is C15H15F2NO4. The van der Waals surface area contributed by atoms with Crippen LogP contribution in [0.4, 0.5) is 8.78 Å². The van der Waals surface area contributed by atoms with E-state index in [1.165, 1.54) is 4.90 Å². The Morgan fingerprint density at radius 3 is 2.82 bits per heavy atom. The van der Waals surface area contributed by atoms with Crippen LogP contribution in [0.15, 0.2) is 18.2 Å². The predicted molar refractivity (Wildman–Crippen MR) is 71.2 cm³/mol. The summed E-state index contributed by atoms with van der Waals surface area (Å²) in [5, 5.41) is 9.14. The van der Waals surface area contributed by atoms with Crippen LogP contribution in [0.25, 0.3) is 0 Å². The number of rotatable bonds is 3. The predicted octanol–water partition coefficient (Wildman–Crippen LogP) is 1.38. The summed E-state index contributed by atoms with van der Waals surface area (Å²) in [6.45, 7) is 0.429.